The summed E-state index contributed by atoms with van der Waals surface area (Å²) < 4.78 is 5.69. The molecule has 0 saturated carbocycles. The second-order valence-electron chi connectivity index (χ2n) is 11.2. The molecule has 45 heavy (non-hydrogen) atoms. The lowest BCUT2D eigenvalue weighted by molar-refractivity contribution is -0.165. The number of carboxylic acids is 2. The molecule has 4 aromatic rings. The summed E-state index contributed by atoms with van der Waals surface area (Å²) in [5, 5.41) is 50.2. The van der Waals surface area contributed by atoms with Gasteiger partial charge in [-0.3, -0.25) is 10.00 Å². The van der Waals surface area contributed by atoms with Crippen molar-refractivity contribution >= 4 is 28.8 Å². The Labute approximate surface area is 258 Å². The van der Waals surface area contributed by atoms with Crippen LogP contribution in [0.4, 0.5) is 5.82 Å². The van der Waals surface area contributed by atoms with E-state index < -0.39 is 24.1 Å². The number of anilines is 1. The summed E-state index contributed by atoms with van der Waals surface area (Å²) in [6.07, 6.45) is -2.02. The lowest BCUT2D eigenvalue weighted by Gasteiger charge is -2.37. The van der Waals surface area contributed by atoms with Crippen LogP contribution in [0.3, 0.4) is 0 Å². The average molecular weight is 621 g/mol. The van der Waals surface area contributed by atoms with Crippen molar-refractivity contribution < 1.29 is 39.9 Å². The number of aliphatic hydroxyl groups excluding tert-OH is 3. The maximum Gasteiger partial charge on any atom is 0.335 e. The minimum absolute atomic E-state index is 0.206. The largest absolute Gasteiger partial charge is 0.494 e. The zero-order valence-corrected chi connectivity index (χ0v) is 25.1. The number of carboxylic acid groups (broad SMARTS) is 2. The van der Waals surface area contributed by atoms with Crippen molar-refractivity contribution in [3.05, 3.63) is 53.7 Å². The fourth-order valence-corrected chi connectivity index (χ4v) is 5.69. The number of hydrogen-bond acceptors (Lipinski definition) is 11. The zero-order chi connectivity index (χ0) is 32.4. The molecule has 0 amide bonds. The number of aliphatic hydroxyl groups is 3. The van der Waals surface area contributed by atoms with Crippen molar-refractivity contribution in [2.24, 2.45) is 0 Å². The van der Waals surface area contributed by atoms with E-state index in [1.165, 1.54) is 11.1 Å². The molecular formula is C31H36N6O8. The second-order valence-corrected chi connectivity index (χ2v) is 11.2. The van der Waals surface area contributed by atoms with Gasteiger partial charge >= 0.3 is 11.9 Å². The van der Waals surface area contributed by atoms with Crippen molar-refractivity contribution in [1.82, 2.24) is 25.1 Å². The van der Waals surface area contributed by atoms with Crippen molar-refractivity contribution in [2.45, 2.75) is 44.6 Å². The Morgan fingerprint density at radius 3 is 2.40 bits per heavy atom. The monoisotopic (exact) mass is 620 g/mol. The van der Waals surface area contributed by atoms with Crippen LogP contribution < -0.4 is 9.64 Å². The maximum absolute atomic E-state index is 10.00. The first-order valence-electron chi connectivity index (χ1n) is 14.4. The van der Waals surface area contributed by atoms with Gasteiger partial charge in [0, 0.05) is 55.6 Å². The number of piperazine rings is 1. The topological polar surface area (TPSA) is 205 Å². The highest BCUT2D eigenvalue weighted by Gasteiger charge is 2.35. The molecule has 2 aliphatic heterocycles. The van der Waals surface area contributed by atoms with E-state index in [9.17, 15) is 14.7 Å². The maximum atomic E-state index is 10.00. The quantitative estimate of drug-likeness (QED) is 0.173. The van der Waals surface area contributed by atoms with Crippen LogP contribution >= 0.6 is 0 Å². The highest BCUT2D eigenvalue weighted by atomic mass is 16.5. The fourth-order valence-electron chi connectivity index (χ4n) is 5.69. The van der Waals surface area contributed by atoms with Gasteiger partial charge in [-0.1, -0.05) is 18.2 Å². The summed E-state index contributed by atoms with van der Waals surface area (Å²) in [7, 11) is 1.67. The second kappa shape index (κ2) is 13.2. The summed E-state index contributed by atoms with van der Waals surface area (Å²) in [6.45, 7) is 7.79. The van der Waals surface area contributed by atoms with Crippen molar-refractivity contribution in [2.75, 3.05) is 38.2 Å². The van der Waals surface area contributed by atoms with Gasteiger partial charge in [-0.2, -0.15) is 5.10 Å². The number of pyridine rings is 2. The molecular weight excluding hydrogens is 584 g/mol. The number of carbonyl (C=O) groups is 2. The highest BCUT2D eigenvalue weighted by Crippen LogP contribution is 2.36. The molecule has 2 fully saturated rings. The first-order valence-corrected chi connectivity index (χ1v) is 14.4. The van der Waals surface area contributed by atoms with E-state index in [1.807, 2.05) is 18.3 Å². The molecule has 3 aromatic heterocycles. The SMILES string of the molecule is COc1cc2[nH]nc(-c3ccc(N4CCN5CC(O)CC5C4)nc3)c2nc1-c1cccc(C)c1C.O=C(O)C(O)C(O)C(=O)O. The van der Waals surface area contributed by atoms with Gasteiger partial charge in [-0.15, -0.1) is 0 Å². The van der Waals surface area contributed by atoms with Gasteiger partial charge in [0.15, 0.2) is 12.2 Å². The molecule has 0 spiro atoms. The standard InChI is InChI=1S/C27H30N6O2.C4H6O6/c1-16-5-4-6-21(17(16)2)26-23(35-3)12-22-27(29-26)25(31-30-22)18-7-8-24(28-13-18)33-10-9-32-15-20(34)11-19(32)14-33;5-1(3(7)8)2(6)4(9)10/h4-8,12-13,19-20,34H,9-11,14-15H2,1-3H3,(H,30,31);1-2,5-6H,(H,7,8)(H,9,10). The van der Waals surface area contributed by atoms with Gasteiger partial charge < -0.3 is 35.2 Å². The van der Waals surface area contributed by atoms with Crippen LogP contribution in [0.2, 0.25) is 0 Å². The Balaban J connectivity index is 0.000000348. The number of H-pyrrole nitrogens is 1. The number of aliphatic carboxylic acids is 2. The molecule has 0 radical (unpaired) electrons. The number of nitrogens with one attached hydrogen (secondary N) is 1. The molecule has 4 atom stereocenters. The molecule has 2 saturated heterocycles. The number of aromatic nitrogens is 4. The number of hydrogen-bond donors (Lipinski definition) is 6. The Bertz CT molecular complexity index is 1680. The molecule has 14 heteroatoms. The molecule has 14 nitrogen and oxygen atoms in total. The van der Waals surface area contributed by atoms with Crippen molar-refractivity contribution in [3.63, 3.8) is 0 Å². The van der Waals surface area contributed by atoms with E-state index in [4.69, 9.17) is 35.1 Å². The first kappa shape index (κ1) is 31.8. The predicted molar refractivity (Wildman–Crippen MR) is 164 cm³/mol. The molecule has 0 aliphatic carbocycles. The van der Waals surface area contributed by atoms with Gasteiger partial charge in [-0.25, -0.2) is 19.6 Å². The van der Waals surface area contributed by atoms with Crippen LogP contribution in [0.15, 0.2) is 42.6 Å². The third-order valence-electron chi connectivity index (χ3n) is 8.32. The molecule has 1 aromatic carbocycles. The van der Waals surface area contributed by atoms with E-state index in [0.717, 1.165) is 72.0 Å². The lowest BCUT2D eigenvalue weighted by atomic mass is 9.99. The fraction of sp³-hybridized carbons (Fsp3) is 0.387. The molecule has 0 bridgehead atoms. The van der Waals surface area contributed by atoms with Crippen LogP contribution in [0.5, 0.6) is 5.75 Å². The van der Waals surface area contributed by atoms with Crippen molar-refractivity contribution in [1.29, 1.82) is 0 Å². The number of ether oxygens (including phenoxy) is 1. The first-order chi connectivity index (χ1) is 21.5. The Kier molecular flexibility index (Phi) is 9.29. The minimum Gasteiger partial charge on any atom is -0.494 e. The molecule has 2 aliphatic rings. The number of aromatic amines is 1. The number of rotatable bonds is 7. The Morgan fingerprint density at radius 1 is 1.02 bits per heavy atom. The zero-order valence-electron chi connectivity index (χ0n) is 25.1. The molecule has 6 rings (SSSR count). The van der Waals surface area contributed by atoms with Crippen LogP contribution in [0.1, 0.15) is 17.5 Å². The number of methoxy groups -OCH3 is 1. The smallest absolute Gasteiger partial charge is 0.335 e. The third-order valence-corrected chi connectivity index (χ3v) is 8.32. The molecule has 6 N–H and O–H groups in total. The van der Waals surface area contributed by atoms with Gasteiger partial charge in [0.05, 0.1) is 18.7 Å². The molecule has 5 heterocycles. The van der Waals surface area contributed by atoms with Gasteiger partial charge in [0.2, 0.25) is 0 Å². The van der Waals surface area contributed by atoms with Crippen LogP contribution in [-0.2, 0) is 9.59 Å². The van der Waals surface area contributed by atoms with Crippen LogP contribution in [-0.4, -0.2) is 120 Å². The van der Waals surface area contributed by atoms with Crippen LogP contribution in [0.25, 0.3) is 33.5 Å². The summed E-state index contributed by atoms with van der Waals surface area (Å²) in [5.74, 6) is -1.86. The average Bonchev–Trinajstić information content (AvgIpc) is 3.62. The van der Waals surface area contributed by atoms with Crippen LogP contribution in [0, 0.1) is 13.8 Å². The molecule has 238 valence electrons. The number of aryl methyl sites for hydroxylation is 1. The van der Waals surface area contributed by atoms with E-state index in [0.29, 0.717) is 11.8 Å². The summed E-state index contributed by atoms with van der Waals surface area (Å²) in [5.41, 5.74) is 7.58. The van der Waals surface area contributed by atoms with Crippen molar-refractivity contribution in [3.8, 4) is 28.3 Å². The van der Waals surface area contributed by atoms with E-state index in [2.05, 4.69) is 58.1 Å². The van der Waals surface area contributed by atoms with Gasteiger partial charge in [-0.05, 0) is 43.5 Å². The normalized spacial score (nSPS) is 19.4. The summed E-state index contributed by atoms with van der Waals surface area (Å²) in [6, 6.07) is 12.7. The highest BCUT2D eigenvalue weighted by molar-refractivity contribution is 5.93. The van der Waals surface area contributed by atoms with E-state index >= 15 is 0 Å². The van der Waals surface area contributed by atoms with Gasteiger partial charge in [0.25, 0.3) is 0 Å². The van der Waals surface area contributed by atoms with E-state index in [1.54, 1.807) is 7.11 Å². The minimum atomic E-state index is -2.27. The Hall–Kier alpha value is -4.63. The summed E-state index contributed by atoms with van der Waals surface area (Å²) in [4.78, 5) is 34.0. The number of fused-ring (bicyclic) bond motifs is 2. The third kappa shape index (κ3) is 6.59. The lowest BCUT2D eigenvalue weighted by Crippen LogP contribution is -2.50. The number of benzene rings is 1. The number of nitrogens with zero attached hydrogens (tertiary/aromatic N) is 5. The predicted octanol–water partition coefficient (Wildman–Crippen LogP) is 1.44. The Morgan fingerprint density at radius 2 is 1.76 bits per heavy atom. The van der Waals surface area contributed by atoms with E-state index in [-0.39, 0.29) is 6.10 Å². The molecule has 4 unspecified atom stereocenters. The van der Waals surface area contributed by atoms with Gasteiger partial charge in [0.1, 0.15) is 28.5 Å². The summed E-state index contributed by atoms with van der Waals surface area (Å²) >= 11 is 0.